The first-order valence-corrected chi connectivity index (χ1v) is 5.79. The van der Waals surface area contributed by atoms with Crippen molar-refractivity contribution < 1.29 is 44.0 Å². The van der Waals surface area contributed by atoms with Crippen LogP contribution in [0.2, 0.25) is 0 Å². The number of phosphoric acid groups is 1. The van der Waals surface area contributed by atoms with Crippen molar-refractivity contribution in [3.05, 3.63) is 0 Å². The molecule has 0 spiro atoms. The van der Waals surface area contributed by atoms with E-state index in [1.54, 1.807) is 0 Å². The second-order valence-corrected chi connectivity index (χ2v) is 4.66. The molecule has 1 heterocycles. The van der Waals surface area contributed by atoms with Gasteiger partial charge in [-0.25, -0.2) is 4.57 Å². The minimum absolute atomic E-state index is 0.501. The lowest BCUT2D eigenvalue weighted by molar-refractivity contribution is -0.329. The quantitative estimate of drug-likeness (QED) is 0.228. The van der Waals surface area contributed by atoms with Gasteiger partial charge >= 0.3 is 7.82 Å². The third-order valence-corrected chi connectivity index (χ3v) is 2.59. The van der Waals surface area contributed by atoms with Gasteiger partial charge in [0, 0.05) is 0 Å². The summed E-state index contributed by atoms with van der Waals surface area (Å²) in [7, 11) is -4.83. The Morgan fingerprint density at radius 3 is 2.44 bits per heavy atom. The van der Waals surface area contributed by atoms with Gasteiger partial charge in [0.25, 0.3) is 0 Å². The Morgan fingerprint density at radius 1 is 1.38 bits per heavy atom. The minimum Gasteiger partial charge on any atom is -0.388 e. The molecule has 0 bridgehead atoms. The summed E-state index contributed by atoms with van der Waals surface area (Å²) < 4.78 is 18.9. The average Bonchev–Trinajstić information content (AvgIpc) is 2.18. The summed E-state index contributed by atoms with van der Waals surface area (Å²) in [6.07, 6.45) is -5.03. The van der Waals surface area contributed by atoms with Crippen LogP contribution in [-0.4, -0.2) is 67.5 Å². The van der Waals surface area contributed by atoms with Crippen molar-refractivity contribution in [2.24, 2.45) is 0 Å². The average molecular weight is 261 g/mol. The van der Waals surface area contributed by atoms with Crippen LogP contribution in [-0.2, 0) is 13.8 Å². The van der Waals surface area contributed by atoms with Crippen molar-refractivity contribution in [1.82, 2.24) is 0 Å². The number of hydrogen-bond acceptors (Lipinski definition) is 7. The Kier molecular flexibility index (Phi) is 4.06. The minimum atomic E-state index is -4.83. The molecular weight excluding hydrogens is 248 g/mol. The molecule has 0 radical (unpaired) electrons. The normalized spacial score (nSPS) is 41.0. The van der Waals surface area contributed by atoms with Gasteiger partial charge in [0.15, 0.2) is 0 Å². The highest BCUT2D eigenvalue weighted by Gasteiger charge is 2.49. The van der Waals surface area contributed by atoms with Gasteiger partial charge in [0.05, 0.1) is 6.61 Å². The van der Waals surface area contributed by atoms with E-state index < -0.39 is 45.1 Å². The van der Waals surface area contributed by atoms with Crippen molar-refractivity contribution in [2.45, 2.75) is 24.1 Å². The van der Waals surface area contributed by atoms with Crippen molar-refractivity contribution in [2.75, 3.05) is 13.2 Å². The van der Waals surface area contributed by atoms with E-state index in [1.165, 1.54) is 0 Å². The number of aliphatic hydroxyl groups excluding tert-OH is 3. The van der Waals surface area contributed by atoms with Crippen LogP contribution < -0.4 is 0 Å². The molecule has 1 saturated heterocycles. The number of hydrogen-bond donors (Lipinski definition) is 6. The van der Waals surface area contributed by atoms with E-state index in [4.69, 9.17) is 14.9 Å². The summed E-state index contributed by atoms with van der Waals surface area (Å²) in [4.78, 5) is 16.8. The van der Waals surface area contributed by atoms with Crippen LogP contribution in [0, 0.1) is 0 Å². The maximum Gasteiger partial charge on any atom is 0.469 e. The zero-order valence-electron chi connectivity index (χ0n) is 8.00. The molecule has 0 aromatic heterocycles. The Labute approximate surface area is 90.1 Å². The van der Waals surface area contributed by atoms with Crippen molar-refractivity contribution in [3.63, 3.8) is 0 Å². The summed E-state index contributed by atoms with van der Waals surface area (Å²) in [6.45, 7) is -1.54. The smallest absolute Gasteiger partial charge is 0.388 e. The van der Waals surface area contributed by atoms with E-state index in [0.29, 0.717) is 0 Å². The summed E-state index contributed by atoms with van der Waals surface area (Å²) in [5, 5.41) is 37.2. The number of ether oxygens (including phenoxy) is 1. The second kappa shape index (κ2) is 4.65. The molecule has 10 heteroatoms. The summed E-state index contributed by atoms with van der Waals surface area (Å²) in [5.41, 5.74) is 0. The van der Waals surface area contributed by atoms with E-state index >= 15 is 0 Å². The lowest BCUT2D eigenvalue weighted by atomic mass is 10.1. The molecule has 0 aromatic rings. The van der Waals surface area contributed by atoms with E-state index in [9.17, 15) is 19.9 Å². The van der Waals surface area contributed by atoms with Gasteiger partial charge in [-0.2, -0.15) is 0 Å². The second-order valence-electron chi connectivity index (χ2n) is 3.42. The molecule has 4 atom stereocenters. The molecule has 16 heavy (non-hydrogen) atoms. The number of aliphatic hydroxyl groups is 4. The monoisotopic (exact) mass is 261 g/mol. The molecule has 1 fully saturated rings. The van der Waals surface area contributed by atoms with Crippen LogP contribution in [0.4, 0.5) is 0 Å². The summed E-state index contributed by atoms with van der Waals surface area (Å²) in [5.74, 6) is -2.47. The van der Waals surface area contributed by atoms with Gasteiger partial charge < -0.3 is 34.9 Å². The zero-order valence-corrected chi connectivity index (χ0v) is 8.90. The standard InChI is InChI=1S/C6H13O9P/c7-3-1-14-6(10,5(9)4(3)8)2-15-16(11,12)13/h3-5,7-10H,1-2H2,(H2,11,12,13)/t3-,4-,5+,6+/m1/s1/i6+1. The topological polar surface area (TPSA) is 157 Å². The molecule has 1 aliphatic rings. The van der Waals surface area contributed by atoms with E-state index in [-0.39, 0.29) is 0 Å². The fourth-order valence-electron chi connectivity index (χ4n) is 1.19. The van der Waals surface area contributed by atoms with Crippen molar-refractivity contribution in [3.8, 4) is 0 Å². The highest BCUT2D eigenvalue weighted by Crippen LogP contribution is 2.38. The van der Waals surface area contributed by atoms with Crippen LogP contribution in [0.3, 0.4) is 0 Å². The molecule has 1 rings (SSSR count). The Morgan fingerprint density at radius 2 is 1.94 bits per heavy atom. The lowest BCUT2D eigenvalue weighted by Crippen LogP contribution is -2.62. The first-order valence-electron chi connectivity index (χ1n) is 4.26. The fourth-order valence-corrected chi connectivity index (χ4v) is 1.55. The van der Waals surface area contributed by atoms with Crippen LogP contribution in [0.15, 0.2) is 0 Å². The Bertz CT molecular complexity index is 290. The molecule has 0 amide bonds. The lowest BCUT2D eigenvalue weighted by Gasteiger charge is -2.41. The Hall–Kier alpha value is -0.0900. The van der Waals surface area contributed by atoms with Crippen molar-refractivity contribution in [1.29, 1.82) is 0 Å². The zero-order chi connectivity index (χ0) is 12.6. The van der Waals surface area contributed by atoms with Crippen LogP contribution >= 0.6 is 7.82 Å². The van der Waals surface area contributed by atoms with Gasteiger partial charge in [0.2, 0.25) is 5.79 Å². The predicted octanol–water partition coefficient (Wildman–Crippen LogP) is -3.10. The number of phosphoric ester groups is 1. The van der Waals surface area contributed by atoms with Crippen molar-refractivity contribution >= 4 is 7.82 Å². The first kappa shape index (κ1) is 14.0. The fraction of sp³-hybridized carbons (Fsp3) is 1.00. The molecule has 1 aliphatic heterocycles. The predicted molar refractivity (Wildman–Crippen MR) is 46.9 cm³/mol. The summed E-state index contributed by atoms with van der Waals surface area (Å²) >= 11 is 0. The van der Waals surface area contributed by atoms with Crippen LogP contribution in [0.25, 0.3) is 0 Å². The first-order chi connectivity index (χ1) is 7.16. The number of rotatable bonds is 3. The molecule has 0 aromatic carbocycles. The van der Waals surface area contributed by atoms with Gasteiger partial charge in [-0.3, -0.25) is 4.52 Å². The summed E-state index contributed by atoms with van der Waals surface area (Å²) in [6, 6.07) is 0. The highest BCUT2D eigenvalue weighted by atomic mass is 31.2. The van der Waals surface area contributed by atoms with Gasteiger partial charge in [-0.05, 0) is 0 Å². The van der Waals surface area contributed by atoms with E-state index in [0.717, 1.165) is 0 Å². The van der Waals surface area contributed by atoms with Gasteiger partial charge in [0.1, 0.15) is 24.9 Å². The maximum absolute atomic E-state index is 10.4. The Balaban J connectivity index is 2.66. The maximum atomic E-state index is 10.4. The molecule has 0 saturated carbocycles. The molecule has 9 nitrogen and oxygen atoms in total. The van der Waals surface area contributed by atoms with Crippen LogP contribution in [0.1, 0.15) is 0 Å². The third-order valence-electron chi connectivity index (χ3n) is 2.12. The largest absolute Gasteiger partial charge is 0.469 e. The molecule has 96 valence electrons. The molecule has 6 N–H and O–H groups in total. The molecular formula is C6H13O9P. The van der Waals surface area contributed by atoms with Gasteiger partial charge in [-0.1, -0.05) is 0 Å². The SMILES string of the molecule is O=P(O)(O)OC[13C@]1(O)OC[C@@H](O)[C@@H](O)[C@@H]1O. The molecule has 0 unspecified atom stereocenters. The molecule has 0 aliphatic carbocycles. The van der Waals surface area contributed by atoms with Gasteiger partial charge in [-0.15, -0.1) is 0 Å². The van der Waals surface area contributed by atoms with E-state index in [2.05, 4.69) is 9.26 Å². The van der Waals surface area contributed by atoms with E-state index in [1.807, 2.05) is 0 Å². The third kappa shape index (κ3) is 3.20. The van der Waals surface area contributed by atoms with Crippen LogP contribution in [0.5, 0.6) is 0 Å². The highest BCUT2D eigenvalue weighted by molar-refractivity contribution is 7.46.